The molecule has 0 aliphatic heterocycles. The zero-order valence-corrected chi connectivity index (χ0v) is 8.42. The maximum absolute atomic E-state index is 5.46. The van der Waals surface area contributed by atoms with E-state index in [4.69, 9.17) is 4.42 Å². The molecule has 0 unspecified atom stereocenters. The highest BCUT2D eigenvalue weighted by Gasteiger charge is 2.03. The average molecular weight is 189 g/mol. The smallest absolute Gasteiger partial charge is 0.134 e. The lowest BCUT2D eigenvalue weighted by Gasteiger charge is -1.97. The molecule has 0 amide bonds. The fraction of sp³-hybridized carbons (Fsp3) is 0.333. The summed E-state index contributed by atoms with van der Waals surface area (Å²) in [6.07, 6.45) is 4.11. The monoisotopic (exact) mass is 189 g/mol. The summed E-state index contributed by atoms with van der Waals surface area (Å²) < 4.78 is 5.46. The first-order valence-electron chi connectivity index (χ1n) is 5.01. The van der Waals surface area contributed by atoms with Crippen molar-refractivity contribution in [2.75, 3.05) is 13.6 Å². The maximum Gasteiger partial charge on any atom is 0.134 e. The summed E-state index contributed by atoms with van der Waals surface area (Å²) >= 11 is 0. The van der Waals surface area contributed by atoms with Gasteiger partial charge in [-0.05, 0) is 38.1 Å². The van der Waals surface area contributed by atoms with E-state index in [0.29, 0.717) is 0 Å². The van der Waals surface area contributed by atoms with Gasteiger partial charge in [0, 0.05) is 5.39 Å². The quantitative estimate of drug-likeness (QED) is 0.748. The largest absolute Gasteiger partial charge is 0.464 e. The second kappa shape index (κ2) is 4.29. The second-order valence-electron chi connectivity index (χ2n) is 3.46. The Morgan fingerprint density at radius 1 is 1.29 bits per heavy atom. The van der Waals surface area contributed by atoms with Crippen LogP contribution in [0.4, 0.5) is 0 Å². The van der Waals surface area contributed by atoms with Gasteiger partial charge in [-0.1, -0.05) is 18.2 Å². The van der Waals surface area contributed by atoms with E-state index < -0.39 is 0 Å². The number of benzene rings is 1. The van der Waals surface area contributed by atoms with Gasteiger partial charge >= 0.3 is 0 Å². The second-order valence-corrected chi connectivity index (χ2v) is 3.46. The normalized spacial score (nSPS) is 10.9. The minimum Gasteiger partial charge on any atom is -0.464 e. The van der Waals surface area contributed by atoms with E-state index in [1.165, 1.54) is 10.9 Å². The van der Waals surface area contributed by atoms with Crippen molar-refractivity contribution in [1.82, 2.24) is 5.32 Å². The van der Waals surface area contributed by atoms with Gasteiger partial charge in [0.2, 0.25) is 0 Å². The third-order valence-electron chi connectivity index (χ3n) is 2.43. The highest BCUT2D eigenvalue weighted by Crippen LogP contribution is 2.21. The van der Waals surface area contributed by atoms with Crippen molar-refractivity contribution in [3.63, 3.8) is 0 Å². The Labute approximate surface area is 83.9 Å². The van der Waals surface area contributed by atoms with Gasteiger partial charge in [-0.3, -0.25) is 0 Å². The Morgan fingerprint density at radius 2 is 2.14 bits per heavy atom. The summed E-state index contributed by atoms with van der Waals surface area (Å²) in [4.78, 5) is 0. The van der Waals surface area contributed by atoms with Gasteiger partial charge in [-0.2, -0.15) is 0 Å². The van der Waals surface area contributed by atoms with E-state index in [1.54, 1.807) is 0 Å². The van der Waals surface area contributed by atoms with Gasteiger partial charge in [-0.15, -0.1) is 0 Å². The predicted molar refractivity (Wildman–Crippen MR) is 58.5 cm³/mol. The van der Waals surface area contributed by atoms with Crippen LogP contribution in [0.15, 0.2) is 34.9 Å². The highest BCUT2D eigenvalue weighted by atomic mass is 16.3. The van der Waals surface area contributed by atoms with E-state index >= 15 is 0 Å². The first-order chi connectivity index (χ1) is 6.92. The SMILES string of the molecule is CNCCCc1coc2ccccc12. The molecule has 0 aliphatic rings. The fourth-order valence-corrected chi connectivity index (χ4v) is 1.68. The molecule has 1 heterocycles. The fourth-order valence-electron chi connectivity index (χ4n) is 1.68. The molecule has 1 aromatic carbocycles. The van der Waals surface area contributed by atoms with E-state index in [9.17, 15) is 0 Å². The molecule has 14 heavy (non-hydrogen) atoms. The molecule has 0 aliphatic carbocycles. The summed E-state index contributed by atoms with van der Waals surface area (Å²) in [7, 11) is 1.98. The Bertz CT molecular complexity index is 405. The van der Waals surface area contributed by atoms with Crippen LogP contribution in [0.3, 0.4) is 0 Å². The number of aryl methyl sites for hydroxylation is 1. The van der Waals surface area contributed by atoms with Crippen LogP contribution in [0.2, 0.25) is 0 Å². The van der Waals surface area contributed by atoms with Crippen LogP contribution in [0.1, 0.15) is 12.0 Å². The molecule has 0 bridgehead atoms. The van der Waals surface area contributed by atoms with Crippen molar-refractivity contribution in [3.05, 3.63) is 36.1 Å². The van der Waals surface area contributed by atoms with Crippen molar-refractivity contribution in [3.8, 4) is 0 Å². The van der Waals surface area contributed by atoms with Crippen LogP contribution < -0.4 is 5.32 Å². The van der Waals surface area contributed by atoms with Crippen LogP contribution in [0.5, 0.6) is 0 Å². The van der Waals surface area contributed by atoms with Crippen LogP contribution in [-0.4, -0.2) is 13.6 Å². The van der Waals surface area contributed by atoms with E-state index in [2.05, 4.69) is 17.4 Å². The van der Waals surface area contributed by atoms with Crippen LogP contribution >= 0.6 is 0 Å². The van der Waals surface area contributed by atoms with Crippen LogP contribution in [0.25, 0.3) is 11.0 Å². The van der Waals surface area contributed by atoms with Crippen LogP contribution in [0, 0.1) is 0 Å². The van der Waals surface area contributed by atoms with E-state index in [1.807, 2.05) is 25.4 Å². The Balaban J connectivity index is 2.17. The lowest BCUT2D eigenvalue weighted by Crippen LogP contribution is -2.08. The van der Waals surface area contributed by atoms with Gasteiger partial charge in [-0.25, -0.2) is 0 Å². The topological polar surface area (TPSA) is 25.2 Å². The number of nitrogens with one attached hydrogen (secondary N) is 1. The molecule has 0 atom stereocenters. The van der Waals surface area contributed by atoms with Crippen molar-refractivity contribution in [1.29, 1.82) is 0 Å². The van der Waals surface area contributed by atoms with Crippen molar-refractivity contribution in [2.45, 2.75) is 12.8 Å². The number of fused-ring (bicyclic) bond motifs is 1. The molecule has 1 aromatic heterocycles. The Morgan fingerprint density at radius 3 is 3.00 bits per heavy atom. The van der Waals surface area contributed by atoms with Gasteiger partial charge in [0.15, 0.2) is 0 Å². The lowest BCUT2D eigenvalue weighted by atomic mass is 10.1. The zero-order chi connectivity index (χ0) is 9.80. The van der Waals surface area contributed by atoms with Crippen molar-refractivity contribution in [2.24, 2.45) is 0 Å². The van der Waals surface area contributed by atoms with Gasteiger partial charge in [0.1, 0.15) is 5.58 Å². The summed E-state index contributed by atoms with van der Waals surface area (Å²) in [6.45, 7) is 1.06. The van der Waals surface area contributed by atoms with Gasteiger partial charge in [0.25, 0.3) is 0 Å². The summed E-state index contributed by atoms with van der Waals surface area (Å²) in [5.41, 5.74) is 2.31. The number of hydrogen-bond acceptors (Lipinski definition) is 2. The van der Waals surface area contributed by atoms with Crippen molar-refractivity contribution < 1.29 is 4.42 Å². The third-order valence-corrected chi connectivity index (χ3v) is 2.43. The number of para-hydroxylation sites is 1. The first-order valence-corrected chi connectivity index (χ1v) is 5.01. The third kappa shape index (κ3) is 1.80. The molecule has 1 N–H and O–H groups in total. The summed E-state index contributed by atoms with van der Waals surface area (Å²) in [6, 6.07) is 8.19. The van der Waals surface area contributed by atoms with E-state index in [0.717, 1.165) is 25.0 Å². The standard InChI is InChI=1S/C12H15NO/c1-13-8-4-5-10-9-14-12-7-3-2-6-11(10)12/h2-3,6-7,9,13H,4-5,8H2,1H3. The predicted octanol–water partition coefficient (Wildman–Crippen LogP) is 2.58. The maximum atomic E-state index is 5.46. The Kier molecular flexibility index (Phi) is 2.84. The summed E-state index contributed by atoms with van der Waals surface area (Å²) in [5.74, 6) is 0. The molecule has 74 valence electrons. The number of hydrogen-bond donors (Lipinski definition) is 1. The number of furan rings is 1. The van der Waals surface area contributed by atoms with Gasteiger partial charge < -0.3 is 9.73 Å². The molecular formula is C12H15NO. The highest BCUT2D eigenvalue weighted by molar-refractivity contribution is 5.80. The molecule has 2 rings (SSSR count). The molecule has 0 spiro atoms. The number of rotatable bonds is 4. The van der Waals surface area contributed by atoms with Crippen molar-refractivity contribution >= 4 is 11.0 Å². The lowest BCUT2D eigenvalue weighted by molar-refractivity contribution is 0.607. The molecule has 2 heteroatoms. The Hall–Kier alpha value is -1.28. The molecule has 0 saturated carbocycles. The molecular weight excluding hydrogens is 174 g/mol. The first kappa shape index (κ1) is 9.28. The molecule has 2 nitrogen and oxygen atoms in total. The van der Waals surface area contributed by atoms with E-state index in [-0.39, 0.29) is 0 Å². The minimum absolute atomic E-state index is 0.993. The van der Waals surface area contributed by atoms with Crippen LogP contribution in [-0.2, 0) is 6.42 Å². The zero-order valence-electron chi connectivity index (χ0n) is 8.42. The molecule has 2 aromatic rings. The molecule has 0 saturated heterocycles. The molecule has 0 radical (unpaired) electrons. The molecule has 0 fully saturated rings. The minimum atomic E-state index is 0.993. The van der Waals surface area contributed by atoms with Gasteiger partial charge in [0.05, 0.1) is 6.26 Å². The average Bonchev–Trinajstić information content (AvgIpc) is 2.63. The summed E-state index contributed by atoms with van der Waals surface area (Å²) in [5, 5.41) is 4.40.